The Morgan fingerprint density at radius 2 is 1.65 bits per heavy atom. The molecule has 0 saturated carbocycles. The average Bonchev–Trinajstić information content (AvgIpc) is 3.22. The zero-order chi connectivity index (χ0) is 24.1. The Morgan fingerprint density at radius 3 is 2.35 bits per heavy atom. The third-order valence-electron chi connectivity index (χ3n) is 5.20. The van der Waals surface area contributed by atoms with Gasteiger partial charge in [-0.2, -0.15) is 0 Å². The highest BCUT2D eigenvalue weighted by atomic mass is 16.6. The first-order valence-corrected chi connectivity index (χ1v) is 10.4. The van der Waals surface area contributed by atoms with Crippen molar-refractivity contribution in [1.29, 1.82) is 0 Å². The quantitative estimate of drug-likeness (QED) is 0.190. The van der Waals surface area contributed by atoms with Crippen LogP contribution in [0.3, 0.4) is 0 Å². The number of hydrogen-bond donors (Lipinski definition) is 1. The fraction of sp³-hybridized carbons (Fsp3) is 0.120. The number of nitro benzene ring substituents is 1. The number of esters is 1. The van der Waals surface area contributed by atoms with Gasteiger partial charge < -0.3 is 15.2 Å². The molecule has 1 atom stereocenters. The van der Waals surface area contributed by atoms with Gasteiger partial charge >= 0.3 is 12.1 Å². The molecule has 0 saturated heterocycles. The molecule has 9 nitrogen and oxygen atoms in total. The van der Waals surface area contributed by atoms with Gasteiger partial charge in [0.1, 0.15) is 18.4 Å². The van der Waals surface area contributed by atoms with Gasteiger partial charge in [0.15, 0.2) is 0 Å². The van der Waals surface area contributed by atoms with E-state index >= 15 is 0 Å². The van der Waals surface area contributed by atoms with E-state index in [0.29, 0.717) is 11.1 Å². The normalized spacial score (nSPS) is 11.7. The Hall–Kier alpha value is -4.50. The van der Waals surface area contributed by atoms with Crippen LogP contribution in [-0.2, 0) is 22.6 Å². The first-order valence-electron chi connectivity index (χ1n) is 10.4. The van der Waals surface area contributed by atoms with Gasteiger partial charge in [-0.15, -0.1) is 0 Å². The molecule has 0 unspecified atom stereocenters. The van der Waals surface area contributed by atoms with E-state index in [1.165, 1.54) is 28.8 Å². The molecule has 0 aliphatic heterocycles. The predicted octanol–water partition coefficient (Wildman–Crippen LogP) is 4.21. The van der Waals surface area contributed by atoms with Crippen LogP contribution < -0.4 is 10.5 Å². The van der Waals surface area contributed by atoms with E-state index in [1.54, 1.807) is 18.3 Å². The molecule has 1 heterocycles. The fourth-order valence-electron chi connectivity index (χ4n) is 3.50. The Balaban J connectivity index is 1.47. The molecule has 4 aromatic rings. The van der Waals surface area contributed by atoms with Crippen molar-refractivity contribution in [2.45, 2.75) is 19.1 Å². The van der Waals surface area contributed by atoms with Crippen LogP contribution in [0.1, 0.15) is 11.1 Å². The second kappa shape index (κ2) is 9.97. The number of para-hydroxylation sites is 1. The van der Waals surface area contributed by atoms with Gasteiger partial charge in [-0.1, -0.05) is 48.5 Å². The van der Waals surface area contributed by atoms with Crippen LogP contribution >= 0.6 is 0 Å². The minimum atomic E-state index is -1.02. The third-order valence-corrected chi connectivity index (χ3v) is 5.20. The number of fused-ring (bicyclic) bond motifs is 1. The number of carbonyl (C=O) groups excluding carboxylic acids is 2. The van der Waals surface area contributed by atoms with Crippen LogP contribution in [0.5, 0.6) is 5.75 Å². The Labute approximate surface area is 194 Å². The summed E-state index contributed by atoms with van der Waals surface area (Å²) < 4.78 is 12.1. The summed E-state index contributed by atoms with van der Waals surface area (Å²) in [4.78, 5) is 35.5. The lowest BCUT2D eigenvalue weighted by Gasteiger charge is -2.11. The topological polar surface area (TPSA) is 127 Å². The fourth-order valence-corrected chi connectivity index (χ4v) is 3.50. The zero-order valence-electron chi connectivity index (χ0n) is 18.0. The number of aromatic nitrogens is 1. The molecule has 3 aromatic carbocycles. The number of nitrogens with two attached hydrogens (primary N) is 1. The molecule has 0 spiro atoms. The molecule has 0 radical (unpaired) electrons. The van der Waals surface area contributed by atoms with Crippen LogP contribution in [0.2, 0.25) is 0 Å². The van der Waals surface area contributed by atoms with E-state index < -0.39 is 23.0 Å². The van der Waals surface area contributed by atoms with Gasteiger partial charge in [-0.25, -0.2) is 9.59 Å². The third kappa shape index (κ3) is 5.11. The molecule has 9 heteroatoms. The highest BCUT2D eigenvalue weighted by Crippen LogP contribution is 2.24. The lowest BCUT2D eigenvalue weighted by Crippen LogP contribution is -2.36. The molecule has 0 fully saturated rings. The van der Waals surface area contributed by atoms with Crippen molar-refractivity contribution in [3.63, 3.8) is 0 Å². The SMILES string of the molecule is N[C@@H](Cc1cn(C(=O)OCc2ccccc2)c2ccccc12)C(=O)Oc1ccc([N+](=O)[O-])cc1. The van der Waals surface area contributed by atoms with E-state index in [-0.39, 0.29) is 24.5 Å². The smallest absolute Gasteiger partial charge is 0.418 e. The van der Waals surface area contributed by atoms with Crippen molar-refractivity contribution in [3.8, 4) is 5.75 Å². The van der Waals surface area contributed by atoms with E-state index in [2.05, 4.69) is 0 Å². The summed E-state index contributed by atoms with van der Waals surface area (Å²) in [6.07, 6.45) is 1.18. The summed E-state index contributed by atoms with van der Waals surface area (Å²) in [5.41, 5.74) is 8.14. The molecular formula is C25H21N3O6. The van der Waals surface area contributed by atoms with E-state index in [9.17, 15) is 19.7 Å². The van der Waals surface area contributed by atoms with Crippen LogP contribution in [0.4, 0.5) is 10.5 Å². The van der Waals surface area contributed by atoms with E-state index in [1.807, 2.05) is 42.5 Å². The van der Waals surface area contributed by atoms with Crippen molar-refractivity contribution >= 4 is 28.7 Å². The highest BCUT2D eigenvalue weighted by molar-refractivity contribution is 5.92. The summed E-state index contributed by atoms with van der Waals surface area (Å²) in [6, 6.07) is 20.7. The van der Waals surface area contributed by atoms with Crippen LogP contribution in [0.25, 0.3) is 10.9 Å². The molecule has 0 aliphatic carbocycles. The number of non-ortho nitro benzene ring substituents is 1. The van der Waals surface area contributed by atoms with Gasteiger partial charge in [-0.3, -0.25) is 14.7 Å². The Morgan fingerprint density at radius 1 is 0.971 bits per heavy atom. The van der Waals surface area contributed by atoms with Gasteiger partial charge in [0.25, 0.3) is 5.69 Å². The summed E-state index contributed by atoms with van der Waals surface area (Å²) in [7, 11) is 0. The Bertz CT molecular complexity index is 1330. The molecule has 4 rings (SSSR count). The minimum Gasteiger partial charge on any atom is -0.444 e. The summed E-state index contributed by atoms with van der Waals surface area (Å²) in [5, 5.41) is 11.5. The first-order chi connectivity index (χ1) is 16.4. The first kappa shape index (κ1) is 22.7. The summed E-state index contributed by atoms with van der Waals surface area (Å²) >= 11 is 0. The van der Waals surface area contributed by atoms with Crippen LogP contribution in [-0.4, -0.2) is 27.6 Å². The second-order valence-electron chi connectivity index (χ2n) is 7.56. The van der Waals surface area contributed by atoms with E-state index in [0.717, 1.165) is 10.9 Å². The van der Waals surface area contributed by atoms with Crippen LogP contribution in [0.15, 0.2) is 85.1 Å². The largest absolute Gasteiger partial charge is 0.444 e. The molecule has 0 aliphatic rings. The monoisotopic (exact) mass is 459 g/mol. The van der Waals surface area contributed by atoms with Gasteiger partial charge in [0.2, 0.25) is 0 Å². The van der Waals surface area contributed by atoms with Gasteiger partial charge in [0, 0.05) is 30.1 Å². The summed E-state index contributed by atoms with van der Waals surface area (Å²) in [5.74, 6) is -0.546. The molecule has 1 aromatic heterocycles. The number of nitrogens with zero attached hydrogens (tertiary/aromatic N) is 2. The number of rotatable bonds is 7. The molecule has 2 N–H and O–H groups in total. The zero-order valence-corrected chi connectivity index (χ0v) is 18.0. The minimum absolute atomic E-state index is 0.115. The van der Waals surface area contributed by atoms with Gasteiger partial charge in [0.05, 0.1) is 10.4 Å². The van der Waals surface area contributed by atoms with Crippen molar-refractivity contribution in [3.05, 3.63) is 106 Å². The predicted molar refractivity (Wildman–Crippen MR) is 124 cm³/mol. The van der Waals surface area contributed by atoms with Crippen molar-refractivity contribution in [1.82, 2.24) is 4.57 Å². The second-order valence-corrected chi connectivity index (χ2v) is 7.56. The standard InChI is InChI=1S/C25H21N3O6/c26-22(24(29)34-20-12-10-19(11-13-20)28(31)32)14-18-15-27(23-9-5-4-8-21(18)23)25(30)33-16-17-6-2-1-3-7-17/h1-13,15,22H,14,16,26H2/t22-/m0/s1. The number of hydrogen-bond acceptors (Lipinski definition) is 7. The molecular weight excluding hydrogens is 438 g/mol. The molecule has 0 amide bonds. The maximum atomic E-state index is 12.8. The number of carbonyl (C=O) groups is 2. The average molecular weight is 459 g/mol. The number of ether oxygens (including phenoxy) is 2. The molecule has 0 bridgehead atoms. The molecule has 34 heavy (non-hydrogen) atoms. The van der Waals surface area contributed by atoms with Crippen molar-refractivity contribution in [2.24, 2.45) is 5.73 Å². The van der Waals surface area contributed by atoms with E-state index in [4.69, 9.17) is 15.2 Å². The maximum Gasteiger partial charge on any atom is 0.418 e. The number of benzene rings is 3. The van der Waals surface area contributed by atoms with Gasteiger partial charge in [-0.05, 0) is 29.3 Å². The lowest BCUT2D eigenvalue weighted by atomic mass is 10.1. The number of nitro groups is 1. The van der Waals surface area contributed by atoms with Crippen molar-refractivity contribution < 1.29 is 24.0 Å². The molecule has 172 valence electrons. The Kier molecular flexibility index (Phi) is 6.65. The van der Waals surface area contributed by atoms with Crippen molar-refractivity contribution in [2.75, 3.05) is 0 Å². The maximum absolute atomic E-state index is 12.8. The van der Waals surface area contributed by atoms with Crippen LogP contribution in [0, 0.1) is 10.1 Å². The lowest BCUT2D eigenvalue weighted by molar-refractivity contribution is -0.384. The highest BCUT2D eigenvalue weighted by Gasteiger charge is 2.21. The summed E-state index contributed by atoms with van der Waals surface area (Å²) in [6.45, 7) is 0.128.